The molecule has 0 atom stereocenters. The van der Waals surface area contributed by atoms with Crippen molar-refractivity contribution < 1.29 is 9.84 Å². The minimum absolute atomic E-state index is 0.213. The zero-order valence-corrected chi connectivity index (χ0v) is 7.97. The van der Waals surface area contributed by atoms with Crippen LogP contribution in [0.5, 0.6) is 11.5 Å². The highest BCUT2D eigenvalue weighted by molar-refractivity contribution is 5.37. The quantitative estimate of drug-likeness (QED) is 0.704. The number of rotatable bonds is 3. The van der Waals surface area contributed by atoms with Gasteiger partial charge in [-0.2, -0.15) is 5.10 Å². The number of phenolic OH excluding ortho intramolecular Hbond substituents is 1. The lowest BCUT2D eigenvalue weighted by molar-refractivity contribution is 0.306. The Hall–Kier alpha value is -2.17. The van der Waals surface area contributed by atoms with Crippen molar-refractivity contribution in [2.75, 3.05) is 5.73 Å². The van der Waals surface area contributed by atoms with Crippen LogP contribution in [0.25, 0.3) is 0 Å². The molecule has 0 amide bonds. The number of phenols is 1. The van der Waals surface area contributed by atoms with E-state index >= 15 is 0 Å². The second-order valence-electron chi connectivity index (χ2n) is 3.09. The largest absolute Gasteiger partial charge is 0.508 e. The molecule has 0 saturated carbocycles. The van der Waals surface area contributed by atoms with Gasteiger partial charge in [-0.3, -0.25) is 5.10 Å². The van der Waals surface area contributed by atoms with Crippen molar-refractivity contribution >= 4 is 5.82 Å². The number of anilines is 1. The summed E-state index contributed by atoms with van der Waals surface area (Å²) in [6.45, 7) is 0.354. The summed E-state index contributed by atoms with van der Waals surface area (Å²) >= 11 is 0. The molecule has 0 unspecified atom stereocenters. The second-order valence-corrected chi connectivity index (χ2v) is 3.09. The van der Waals surface area contributed by atoms with E-state index in [0.29, 0.717) is 18.2 Å². The molecule has 0 saturated heterocycles. The third kappa shape index (κ3) is 2.19. The summed E-state index contributed by atoms with van der Waals surface area (Å²) in [4.78, 5) is 0. The van der Waals surface area contributed by atoms with Crippen LogP contribution in [0, 0.1) is 0 Å². The van der Waals surface area contributed by atoms with Crippen LogP contribution in [0.15, 0.2) is 30.5 Å². The minimum atomic E-state index is 0.213. The Balaban J connectivity index is 1.99. The number of nitrogen functional groups attached to an aromatic ring is 1. The SMILES string of the molecule is Nc1[nH]ncc1COc1ccc(O)cc1. The summed E-state index contributed by atoms with van der Waals surface area (Å²) in [5, 5.41) is 15.5. The molecule has 0 spiro atoms. The zero-order chi connectivity index (χ0) is 10.7. The molecule has 1 aromatic heterocycles. The molecule has 78 valence electrons. The fraction of sp³-hybridized carbons (Fsp3) is 0.100. The molecule has 15 heavy (non-hydrogen) atoms. The van der Waals surface area contributed by atoms with Gasteiger partial charge in [0.15, 0.2) is 0 Å². The van der Waals surface area contributed by atoms with Crippen molar-refractivity contribution in [2.45, 2.75) is 6.61 Å². The molecule has 0 aliphatic rings. The molecular formula is C10H11N3O2. The number of nitrogens with two attached hydrogens (primary N) is 1. The number of ether oxygens (including phenoxy) is 1. The van der Waals surface area contributed by atoms with Crippen LogP contribution in [0.3, 0.4) is 0 Å². The van der Waals surface area contributed by atoms with Gasteiger partial charge in [-0.05, 0) is 24.3 Å². The van der Waals surface area contributed by atoms with E-state index in [1.54, 1.807) is 30.5 Å². The van der Waals surface area contributed by atoms with Crippen LogP contribution >= 0.6 is 0 Å². The molecule has 2 rings (SSSR count). The molecule has 2 aromatic rings. The number of hydrogen-bond acceptors (Lipinski definition) is 4. The summed E-state index contributed by atoms with van der Waals surface area (Å²) in [5.74, 6) is 1.40. The van der Waals surface area contributed by atoms with Crippen LogP contribution in [-0.4, -0.2) is 15.3 Å². The Bertz CT molecular complexity index is 436. The molecule has 0 radical (unpaired) electrons. The maximum absolute atomic E-state index is 9.06. The number of aromatic hydroxyl groups is 1. The van der Waals surface area contributed by atoms with E-state index in [4.69, 9.17) is 15.6 Å². The molecule has 0 fully saturated rings. The number of benzene rings is 1. The summed E-state index contributed by atoms with van der Waals surface area (Å²) in [5.41, 5.74) is 6.40. The molecular weight excluding hydrogens is 194 g/mol. The predicted octanol–water partition coefficient (Wildman–Crippen LogP) is 1.28. The number of aromatic nitrogens is 2. The predicted molar refractivity (Wildman–Crippen MR) is 55.4 cm³/mol. The van der Waals surface area contributed by atoms with E-state index in [0.717, 1.165) is 5.56 Å². The fourth-order valence-corrected chi connectivity index (χ4v) is 1.14. The van der Waals surface area contributed by atoms with Gasteiger partial charge in [-0.25, -0.2) is 0 Å². The Labute approximate surface area is 86.5 Å². The topological polar surface area (TPSA) is 84.2 Å². The fourth-order valence-electron chi connectivity index (χ4n) is 1.14. The first kappa shape index (κ1) is 9.39. The average Bonchev–Trinajstić information content (AvgIpc) is 2.63. The normalized spacial score (nSPS) is 10.1. The Morgan fingerprint density at radius 2 is 2.07 bits per heavy atom. The third-order valence-corrected chi connectivity index (χ3v) is 1.98. The lowest BCUT2D eigenvalue weighted by atomic mass is 10.3. The van der Waals surface area contributed by atoms with E-state index < -0.39 is 0 Å². The van der Waals surface area contributed by atoms with Crippen molar-refractivity contribution in [2.24, 2.45) is 0 Å². The molecule has 5 nitrogen and oxygen atoms in total. The molecule has 0 aliphatic heterocycles. The third-order valence-electron chi connectivity index (χ3n) is 1.98. The van der Waals surface area contributed by atoms with Gasteiger partial charge in [0.05, 0.1) is 11.8 Å². The number of hydrogen-bond donors (Lipinski definition) is 3. The first-order valence-corrected chi connectivity index (χ1v) is 4.45. The van der Waals surface area contributed by atoms with Crippen LogP contribution in [-0.2, 0) is 6.61 Å². The highest BCUT2D eigenvalue weighted by Gasteiger charge is 2.01. The molecule has 4 N–H and O–H groups in total. The van der Waals surface area contributed by atoms with Crippen molar-refractivity contribution in [3.8, 4) is 11.5 Å². The van der Waals surface area contributed by atoms with E-state index in [1.807, 2.05) is 0 Å². The molecule has 0 bridgehead atoms. The standard InChI is InChI=1S/C10H11N3O2/c11-10-7(5-12-13-10)6-15-9-3-1-8(14)2-4-9/h1-5,14H,6H2,(H3,11,12,13). The smallest absolute Gasteiger partial charge is 0.125 e. The van der Waals surface area contributed by atoms with Crippen molar-refractivity contribution in [3.05, 3.63) is 36.0 Å². The van der Waals surface area contributed by atoms with Gasteiger partial charge in [0.1, 0.15) is 23.9 Å². The van der Waals surface area contributed by atoms with Crippen LogP contribution < -0.4 is 10.5 Å². The summed E-state index contributed by atoms with van der Waals surface area (Å²) in [6.07, 6.45) is 1.62. The van der Waals surface area contributed by atoms with E-state index in [-0.39, 0.29) is 5.75 Å². The second kappa shape index (κ2) is 3.91. The minimum Gasteiger partial charge on any atom is -0.508 e. The van der Waals surface area contributed by atoms with Gasteiger partial charge in [0.2, 0.25) is 0 Å². The van der Waals surface area contributed by atoms with Crippen molar-refractivity contribution in [1.29, 1.82) is 0 Å². The molecule has 1 aromatic carbocycles. The highest BCUT2D eigenvalue weighted by Crippen LogP contribution is 2.18. The first-order chi connectivity index (χ1) is 7.25. The maximum atomic E-state index is 9.06. The van der Waals surface area contributed by atoms with E-state index in [9.17, 15) is 0 Å². The molecule has 0 aliphatic carbocycles. The lowest BCUT2D eigenvalue weighted by Gasteiger charge is -2.04. The number of nitrogens with one attached hydrogen (secondary N) is 1. The maximum Gasteiger partial charge on any atom is 0.125 e. The molecule has 1 heterocycles. The van der Waals surface area contributed by atoms with Crippen LogP contribution in [0.2, 0.25) is 0 Å². The van der Waals surface area contributed by atoms with Gasteiger partial charge < -0.3 is 15.6 Å². The van der Waals surface area contributed by atoms with Gasteiger partial charge in [-0.1, -0.05) is 0 Å². The summed E-state index contributed by atoms with van der Waals surface area (Å²) in [6, 6.07) is 6.50. The van der Waals surface area contributed by atoms with Crippen molar-refractivity contribution in [3.63, 3.8) is 0 Å². The highest BCUT2D eigenvalue weighted by atomic mass is 16.5. The average molecular weight is 205 g/mol. The zero-order valence-electron chi connectivity index (χ0n) is 7.97. The van der Waals surface area contributed by atoms with Crippen LogP contribution in [0.1, 0.15) is 5.56 Å². The molecule has 5 heteroatoms. The van der Waals surface area contributed by atoms with Gasteiger partial charge in [0.25, 0.3) is 0 Å². The van der Waals surface area contributed by atoms with Gasteiger partial charge >= 0.3 is 0 Å². The lowest BCUT2D eigenvalue weighted by Crippen LogP contribution is -1.97. The Morgan fingerprint density at radius 3 is 2.67 bits per heavy atom. The van der Waals surface area contributed by atoms with Gasteiger partial charge in [-0.15, -0.1) is 0 Å². The number of aromatic amines is 1. The number of H-pyrrole nitrogens is 1. The van der Waals surface area contributed by atoms with Crippen LogP contribution in [0.4, 0.5) is 5.82 Å². The summed E-state index contributed by atoms with van der Waals surface area (Å²) < 4.78 is 5.44. The van der Waals surface area contributed by atoms with Gasteiger partial charge in [0, 0.05) is 0 Å². The monoisotopic (exact) mass is 205 g/mol. The Morgan fingerprint density at radius 1 is 1.33 bits per heavy atom. The Kier molecular flexibility index (Phi) is 2.45. The van der Waals surface area contributed by atoms with E-state index in [1.165, 1.54) is 0 Å². The van der Waals surface area contributed by atoms with E-state index in [2.05, 4.69) is 10.2 Å². The van der Waals surface area contributed by atoms with Crippen molar-refractivity contribution in [1.82, 2.24) is 10.2 Å². The first-order valence-electron chi connectivity index (χ1n) is 4.45. The number of nitrogens with zero attached hydrogens (tertiary/aromatic N) is 1. The summed E-state index contributed by atoms with van der Waals surface area (Å²) in [7, 11) is 0.